The summed E-state index contributed by atoms with van der Waals surface area (Å²) in [6.45, 7) is 2.31. The molecule has 2 aliphatic rings. The van der Waals surface area contributed by atoms with E-state index >= 15 is 0 Å². The molecule has 140 valence electrons. The van der Waals surface area contributed by atoms with Gasteiger partial charge in [0.25, 0.3) is 5.91 Å². The Balaban J connectivity index is 1.43. The number of nitrogens with zero attached hydrogens (tertiary/aromatic N) is 2. The van der Waals surface area contributed by atoms with Crippen molar-refractivity contribution >= 4 is 17.5 Å². The minimum atomic E-state index is -0.488. The second kappa shape index (κ2) is 6.41. The van der Waals surface area contributed by atoms with Gasteiger partial charge in [0.1, 0.15) is 17.5 Å². The van der Waals surface area contributed by atoms with Crippen LogP contribution in [-0.4, -0.2) is 15.9 Å². The standard InChI is InChI=1S/C22H19FN4O/c1-12-8-20(27-19-7-4-14(9-24-19)13-2-3-13)25-10-16(12)15-5-6-18(23)21-17(15)11-26-22(21)28/h4-10,13H,2-3,11H2,1H3,(H,26,28)(H,24,25,27). The van der Waals surface area contributed by atoms with Crippen LogP contribution < -0.4 is 10.6 Å². The normalized spacial score (nSPS) is 15.3. The zero-order valence-corrected chi connectivity index (χ0v) is 15.4. The minimum Gasteiger partial charge on any atom is -0.348 e. The van der Waals surface area contributed by atoms with Gasteiger partial charge in [-0.15, -0.1) is 0 Å². The largest absolute Gasteiger partial charge is 0.348 e. The monoisotopic (exact) mass is 374 g/mol. The van der Waals surface area contributed by atoms with Gasteiger partial charge in [-0.05, 0) is 66.1 Å². The maximum Gasteiger partial charge on any atom is 0.254 e. The lowest BCUT2D eigenvalue weighted by molar-refractivity contribution is 0.0962. The van der Waals surface area contributed by atoms with E-state index in [0.29, 0.717) is 23.8 Å². The van der Waals surface area contributed by atoms with Crippen molar-refractivity contribution in [2.24, 2.45) is 0 Å². The van der Waals surface area contributed by atoms with Crippen LogP contribution in [-0.2, 0) is 6.54 Å². The summed E-state index contributed by atoms with van der Waals surface area (Å²) in [5.41, 5.74) is 4.82. The minimum absolute atomic E-state index is 0.138. The third-order valence-electron chi connectivity index (χ3n) is 5.41. The van der Waals surface area contributed by atoms with Crippen molar-refractivity contribution in [1.29, 1.82) is 0 Å². The summed E-state index contributed by atoms with van der Waals surface area (Å²) in [7, 11) is 0. The number of hydrogen-bond donors (Lipinski definition) is 2. The average Bonchev–Trinajstić information content (AvgIpc) is 3.46. The summed E-state index contributed by atoms with van der Waals surface area (Å²) in [5.74, 6) is 1.28. The zero-order valence-electron chi connectivity index (χ0n) is 15.4. The zero-order chi connectivity index (χ0) is 19.3. The molecular weight excluding hydrogens is 355 g/mol. The number of pyridine rings is 2. The first-order valence-electron chi connectivity index (χ1n) is 9.40. The lowest BCUT2D eigenvalue weighted by Crippen LogP contribution is -2.13. The molecule has 5 rings (SSSR count). The number of anilines is 2. The van der Waals surface area contributed by atoms with E-state index in [0.717, 1.165) is 22.5 Å². The number of carbonyl (C=O) groups is 1. The Morgan fingerprint density at radius 2 is 1.89 bits per heavy atom. The molecule has 0 spiro atoms. The third-order valence-corrected chi connectivity index (χ3v) is 5.41. The lowest BCUT2D eigenvalue weighted by Gasteiger charge is -2.12. The van der Waals surface area contributed by atoms with Crippen molar-refractivity contribution in [1.82, 2.24) is 15.3 Å². The molecule has 1 amide bonds. The van der Waals surface area contributed by atoms with Crippen LogP contribution in [0, 0.1) is 12.7 Å². The molecule has 0 radical (unpaired) electrons. The van der Waals surface area contributed by atoms with Crippen LogP contribution in [0.2, 0.25) is 0 Å². The number of benzene rings is 1. The molecule has 5 nitrogen and oxygen atoms in total. The van der Waals surface area contributed by atoms with Crippen LogP contribution in [0.25, 0.3) is 11.1 Å². The van der Waals surface area contributed by atoms with Crippen LogP contribution in [0.1, 0.15) is 45.8 Å². The van der Waals surface area contributed by atoms with E-state index in [1.165, 1.54) is 24.5 Å². The Bertz CT molecular complexity index is 1090. The van der Waals surface area contributed by atoms with Crippen LogP contribution in [0.5, 0.6) is 0 Å². The molecule has 1 aliphatic heterocycles. The van der Waals surface area contributed by atoms with Crippen molar-refractivity contribution < 1.29 is 9.18 Å². The predicted molar refractivity (Wildman–Crippen MR) is 105 cm³/mol. The number of aromatic nitrogens is 2. The first-order chi connectivity index (χ1) is 13.6. The fourth-order valence-electron chi connectivity index (χ4n) is 3.73. The van der Waals surface area contributed by atoms with Gasteiger partial charge in [-0.3, -0.25) is 4.79 Å². The highest BCUT2D eigenvalue weighted by Crippen LogP contribution is 2.40. The number of hydrogen-bond acceptors (Lipinski definition) is 4. The lowest BCUT2D eigenvalue weighted by atomic mass is 9.95. The topological polar surface area (TPSA) is 66.9 Å². The van der Waals surface area contributed by atoms with Crippen LogP contribution in [0.3, 0.4) is 0 Å². The summed E-state index contributed by atoms with van der Waals surface area (Å²) in [6.07, 6.45) is 6.19. The fraction of sp³-hybridized carbons (Fsp3) is 0.227. The Morgan fingerprint density at radius 3 is 2.61 bits per heavy atom. The molecule has 0 atom stereocenters. The molecule has 3 aromatic rings. The van der Waals surface area contributed by atoms with Crippen LogP contribution in [0.15, 0.2) is 42.7 Å². The van der Waals surface area contributed by atoms with Gasteiger partial charge < -0.3 is 10.6 Å². The Morgan fingerprint density at radius 1 is 1.07 bits per heavy atom. The summed E-state index contributed by atoms with van der Waals surface area (Å²) < 4.78 is 14.0. The van der Waals surface area contributed by atoms with Crippen molar-refractivity contribution in [2.75, 3.05) is 5.32 Å². The highest BCUT2D eigenvalue weighted by atomic mass is 19.1. The number of aryl methyl sites for hydroxylation is 1. The smallest absolute Gasteiger partial charge is 0.254 e. The Hall–Kier alpha value is -3.28. The fourth-order valence-corrected chi connectivity index (χ4v) is 3.73. The maximum absolute atomic E-state index is 14.0. The highest BCUT2D eigenvalue weighted by molar-refractivity contribution is 6.01. The van der Waals surface area contributed by atoms with Crippen LogP contribution >= 0.6 is 0 Å². The number of rotatable bonds is 4. The van der Waals surface area contributed by atoms with Gasteiger partial charge in [-0.1, -0.05) is 12.1 Å². The van der Waals surface area contributed by atoms with E-state index in [9.17, 15) is 9.18 Å². The number of carbonyl (C=O) groups excluding carboxylic acids is 1. The van der Waals surface area contributed by atoms with Gasteiger partial charge in [0.05, 0.1) is 5.56 Å². The van der Waals surface area contributed by atoms with Gasteiger partial charge in [0.15, 0.2) is 0 Å². The Labute approximate surface area is 162 Å². The molecular formula is C22H19FN4O. The molecule has 1 aliphatic carbocycles. The van der Waals surface area contributed by atoms with E-state index in [2.05, 4.69) is 26.7 Å². The first-order valence-corrected chi connectivity index (χ1v) is 9.40. The molecule has 0 bridgehead atoms. The molecule has 28 heavy (non-hydrogen) atoms. The first kappa shape index (κ1) is 16.9. The molecule has 1 saturated carbocycles. The van der Waals surface area contributed by atoms with Crippen LogP contribution in [0.4, 0.5) is 16.0 Å². The highest BCUT2D eigenvalue weighted by Gasteiger charge is 2.27. The van der Waals surface area contributed by atoms with Crippen molar-refractivity contribution in [3.63, 3.8) is 0 Å². The van der Waals surface area contributed by atoms with Gasteiger partial charge in [0.2, 0.25) is 0 Å². The number of nitrogens with one attached hydrogen (secondary N) is 2. The summed E-state index contributed by atoms with van der Waals surface area (Å²) in [4.78, 5) is 20.9. The summed E-state index contributed by atoms with van der Waals surface area (Å²) in [6, 6.07) is 9.08. The number of halogens is 1. The summed E-state index contributed by atoms with van der Waals surface area (Å²) in [5, 5.41) is 5.93. The van der Waals surface area contributed by atoms with Crippen molar-refractivity contribution in [3.8, 4) is 11.1 Å². The molecule has 0 unspecified atom stereocenters. The van der Waals surface area contributed by atoms with E-state index in [1.54, 1.807) is 12.3 Å². The van der Waals surface area contributed by atoms with Crippen molar-refractivity contribution in [2.45, 2.75) is 32.2 Å². The molecule has 2 aromatic heterocycles. The average molecular weight is 374 g/mol. The molecule has 1 aromatic carbocycles. The van der Waals surface area contributed by atoms with E-state index < -0.39 is 5.82 Å². The van der Waals surface area contributed by atoms with E-state index in [4.69, 9.17) is 0 Å². The van der Waals surface area contributed by atoms with E-state index in [1.807, 2.05) is 25.3 Å². The van der Waals surface area contributed by atoms with Crippen molar-refractivity contribution in [3.05, 3.63) is 70.8 Å². The second-order valence-electron chi connectivity index (χ2n) is 7.39. The van der Waals surface area contributed by atoms with Gasteiger partial charge >= 0.3 is 0 Å². The molecule has 2 N–H and O–H groups in total. The molecule has 3 heterocycles. The number of amides is 1. The molecule has 1 fully saturated rings. The SMILES string of the molecule is Cc1cc(Nc2ccc(C3CC3)cn2)ncc1-c1ccc(F)c2c1CNC2=O. The third kappa shape index (κ3) is 2.91. The quantitative estimate of drug-likeness (QED) is 0.708. The Kier molecular flexibility index (Phi) is 3.86. The molecule has 6 heteroatoms. The van der Waals surface area contributed by atoms with Gasteiger partial charge in [-0.25, -0.2) is 14.4 Å². The molecule has 0 saturated heterocycles. The maximum atomic E-state index is 14.0. The van der Waals surface area contributed by atoms with Gasteiger partial charge in [-0.2, -0.15) is 0 Å². The summed E-state index contributed by atoms with van der Waals surface area (Å²) >= 11 is 0. The second-order valence-corrected chi connectivity index (χ2v) is 7.39. The number of fused-ring (bicyclic) bond motifs is 1. The predicted octanol–water partition coefficient (Wildman–Crippen LogP) is 4.46. The van der Waals surface area contributed by atoms with Gasteiger partial charge in [0, 0.05) is 24.5 Å². The van der Waals surface area contributed by atoms with E-state index in [-0.39, 0.29) is 11.5 Å².